The van der Waals surface area contributed by atoms with Crippen LogP contribution < -0.4 is 0 Å². The van der Waals surface area contributed by atoms with E-state index in [0.29, 0.717) is 26.0 Å². The fourth-order valence-corrected chi connectivity index (χ4v) is 2.98. The standard InChI is InChI=1S/C15H17NO4/c17-14(16-7-3-6-12(16)15(18)19)13-8-10-4-1-2-5-11(10)9-20-13/h1-2,4-5,12-13H,3,6-9H2,(H,18,19)/t12-,13?/m0/s1. The quantitative estimate of drug-likeness (QED) is 0.880. The van der Waals surface area contributed by atoms with Gasteiger partial charge in [0.05, 0.1) is 6.61 Å². The number of carbonyl (C=O) groups excluding carboxylic acids is 1. The van der Waals surface area contributed by atoms with Crippen molar-refractivity contribution in [3.63, 3.8) is 0 Å². The number of hydrogen-bond donors (Lipinski definition) is 1. The number of carboxylic acid groups (broad SMARTS) is 1. The van der Waals surface area contributed by atoms with E-state index in [4.69, 9.17) is 9.84 Å². The fraction of sp³-hybridized carbons (Fsp3) is 0.467. The molecule has 2 heterocycles. The number of amides is 1. The average molecular weight is 275 g/mol. The number of ether oxygens (including phenoxy) is 1. The van der Waals surface area contributed by atoms with E-state index in [0.717, 1.165) is 17.5 Å². The molecule has 1 aromatic rings. The van der Waals surface area contributed by atoms with Crippen LogP contribution in [-0.2, 0) is 27.4 Å². The Morgan fingerprint density at radius 3 is 2.75 bits per heavy atom. The predicted molar refractivity (Wildman–Crippen MR) is 71.1 cm³/mol. The first-order chi connectivity index (χ1) is 9.66. The molecule has 106 valence electrons. The monoisotopic (exact) mass is 275 g/mol. The van der Waals surface area contributed by atoms with Crippen LogP contribution in [0, 0.1) is 0 Å². The van der Waals surface area contributed by atoms with Gasteiger partial charge in [0, 0.05) is 13.0 Å². The van der Waals surface area contributed by atoms with Gasteiger partial charge in [0.1, 0.15) is 12.1 Å². The second-order valence-electron chi connectivity index (χ2n) is 5.30. The number of hydrogen-bond acceptors (Lipinski definition) is 3. The number of carboxylic acids is 1. The lowest BCUT2D eigenvalue weighted by molar-refractivity contribution is -0.154. The molecule has 20 heavy (non-hydrogen) atoms. The van der Waals surface area contributed by atoms with Gasteiger partial charge in [0.25, 0.3) is 5.91 Å². The van der Waals surface area contributed by atoms with Crippen molar-refractivity contribution in [3.05, 3.63) is 35.4 Å². The highest BCUT2D eigenvalue weighted by Gasteiger charge is 2.38. The lowest BCUT2D eigenvalue weighted by atomic mass is 9.98. The third-order valence-corrected chi connectivity index (χ3v) is 4.06. The number of fused-ring (bicyclic) bond motifs is 1. The molecule has 2 aliphatic heterocycles. The molecule has 2 aliphatic rings. The van der Waals surface area contributed by atoms with Crippen LogP contribution in [0.5, 0.6) is 0 Å². The molecule has 3 rings (SSSR count). The predicted octanol–water partition coefficient (Wildman–Crippen LogP) is 1.20. The van der Waals surface area contributed by atoms with Crippen LogP contribution >= 0.6 is 0 Å². The normalized spacial score (nSPS) is 25.3. The van der Waals surface area contributed by atoms with E-state index in [9.17, 15) is 9.59 Å². The summed E-state index contributed by atoms with van der Waals surface area (Å²) < 4.78 is 5.62. The van der Waals surface area contributed by atoms with E-state index in [1.54, 1.807) is 0 Å². The molecule has 0 radical (unpaired) electrons. The van der Waals surface area contributed by atoms with E-state index >= 15 is 0 Å². The molecule has 1 N–H and O–H groups in total. The number of carbonyl (C=O) groups is 2. The van der Waals surface area contributed by atoms with Crippen molar-refractivity contribution in [2.45, 2.75) is 38.0 Å². The third-order valence-electron chi connectivity index (χ3n) is 4.06. The van der Waals surface area contributed by atoms with Crippen molar-refractivity contribution < 1.29 is 19.4 Å². The lowest BCUT2D eigenvalue weighted by Crippen LogP contribution is -2.47. The van der Waals surface area contributed by atoms with E-state index in [-0.39, 0.29) is 5.91 Å². The summed E-state index contributed by atoms with van der Waals surface area (Å²) in [6, 6.07) is 7.19. The number of likely N-dealkylation sites (tertiary alicyclic amines) is 1. The minimum absolute atomic E-state index is 0.190. The Labute approximate surface area is 117 Å². The van der Waals surface area contributed by atoms with Crippen LogP contribution in [0.3, 0.4) is 0 Å². The summed E-state index contributed by atoms with van der Waals surface area (Å²) in [5.74, 6) is -1.11. The second-order valence-corrected chi connectivity index (χ2v) is 5.30. The van der Waals surface area contributed by atoms with E-state index in [1.165, 1.54) is 4.90 Å². The zero-order chi connectivity index (χ0) is 14.1. The number of rotatable bonds is 2. The summed E-state index contributed by atoms with van der Waals surface area (Å²) in [5, 5.41) is 9.15. The van der Waals surface area contributed by atoms with Crippen LogP contribution in [0.15, 0.2) is 24.3 Å². The highest BCUT2D eigenvalue weighted by Crippen LogP contribution is 2.25. The third kappa shape index (κ3) is 2.29. The zero-order valence-electron chi connectivity index (χ0n) is 11.1. The summed E-state index contributed by atoms with van der Waals surface area (Å²) in [4.78, 5) is 25.1. The summed E-state index contributed by atoms with van der Waals surface area (Å²) in [7, 11) is 0. The van der Waals surface area contributed by atoms with Gasteiger partial charge >= 0.3 is 5.97 Å². The summed E-state index contributed by atoms with van der Waals surface area (Å²) in [6.07, 6.45) is 1.25. The first-order valence-electron chi connectivity index (χ1n) is 6.88. The number of nitrogens with zero attached hydrogens (tertiary/aromatic N) is 1. The van der Waals surface area contributed by atoms with Crippen LogP contribution in [0.1, 0.15) is 24.0 Å². The molecule has 5 nitrogen and oxygen atoms in total. The van der Waals surface area contributed by atoms with Crippen LogP contribution in [-0.4, -0.2) is 40.6 Å². The van der Waals surface area contributed by atoms with Crippen LogP contribution in [0.2, 0.25) is 0 Å². The van der Waals surface area contributed by atoms with E-state index in [1.807, 2.05) is 24.3 Å². The molecule has 1 unspecified atom stereocenters. The van der Waals surface area contributed by atoms with Gasteiger partial charge in [-0.3, -0.25) is 4.79 Å². The molecular weight excluding hydrogens is 258 g/mol. The van der Waals surface area contributed by atoms with Crippen molar-refractivity contribution in [1.82, 2.24) is 4.90 Å². The summed E-state index contributed by atoms with van der Waals surface area (Å²) in [5.41, 5.74) is 2.22. The fourth-order valence-electron chi connectivity index (χ4n) is 2.98. The minimum Gasteiger partial charge on any atom is -0.480 e. The van der Waals surface area contributed by atoms with Gasteiger partial charge in [0.15, 0.2) is 0 Å². The maximum Gasteiger partial charge on any atom is 0.326 e. The molecule has 1 fully saturated rings. The minimum atomic E-state index is -0.924. The van der Waals surface area contributed by atoms with Gasteiger partial charge in [-0.05, 0) is 24.0 Å². The van der Waals surface area contributed by atoms with Crippen molar-refractivity contribution in [1.29, 1.82) is 0 Å². The van der Waals surface area contributed by atoms with Gasteiger partial charge in [0.2, 0.25) is 0 Å². The largest absolute Gasteiger partial charge is 0.480 e. The molecule has 5 heteroatoms. The summed E-state index contributed by atoms with van der Waals surface area (Å²) in [6.45, 7) is 0.926. The van der Waals surface area contributed by atoms with E-state index < -0.39 is 18.1 Å². The molecule has 0 spiro atoms. The van der Waals surface area contributed by atoms with Crippen molar-refractivity contribution in [2.24, 2.45) is 0 Å². The maximum absolute atomic E-state index is 12.5. The number of benzene rings is 1. The second kappa shape index (κ2) is 5.25. The smallest absolute Gasteiger partial charge is 0.326 e. The zero-order valence-corrected chi connectivity index (χ0v) is 11.1. The molecule has 1 aromatic carbocycles. The van der Waals surface area contributed by atoms with Crippen LogP contribution in [0.4, 0.5) is 0 Å². The Morgan fingerprint density at radius 2 is 2.00 bits per heavy atom. The van der Waals surface area contributed by atoms with Gasteiger partial charge in [-0.2, -0.15) is 0 Å². The van der Waals surface area contributed by atoms with Crippen LogP contribution in [0.25, 0.3) is 0 Å². The molecule has 1 amide bonds. The molecule has 0 bridgehead atoms. The van der Waals surface area contributed by atoms with E-state index in [2.05, 4.69) is 0 Å². The maximum atomic E-state index is 12.5. The first-order valence-corrected chi connectivity index (χ1v) is 6.88. The average Bonchev–Trinajstić information content (AvgIpc) is 2.95. The van der Waals surface area contributed by atoms with Gasteiger partial charge in [-0.25, -0.2) is 4.79 Å². The Balaban J connectivity index is 1.74. The Morgan fingerprint density at radius 1 is 1.25 bits per heavy atom. The van der Waals surface area contributed by atoms with Crippen molar-refractivity contribution in [3.8, 4) is 0 Å². The number of aliphatic carboxylic acids is 1. The molecule has 0 aliphatic carbocycles. The topological polar surface area (TPSA) is 66.8 Å². The van der Waals surface area contributed by atoms with Crippen molar-refractivity contribution >= 4 is 11.9 Å². The highest BCUT2D eigenvalue weighted by molar-refractivity contribution is 5.87. The molecule has 0 aromatic heterocycles. The van der Waals surface area contributed by atoms with Gasteiger partial charge in [-0.15, -0.1) is 0 Å². The molecule has 2 atom stereocenters. The lowest BCUT2D eigenvalue weighted by Gasteiger charge is -2.30. The van der Waals surface area contributed by atoms with Gasteiger partial charge in [-0.1, -0.05) is 24.3 Å². The molecular formula is C15H17NO4. The SMILES string of the molecule is O=C(O)[C@@H]1CCCN1C(=O)C1Cc2ccccc2CO1. The van der Waals surface area contributed by atoms with Crippen molar-refractivity contribution in [2.75, 3.05) is 6.54 Å². The Hall–Kier alpha value is -1.88. The Bertz CT molecular complexity index is 542. The Kier molecular flexibility index (Phi) is 3.44. The first kappa shape index (κ1) is 13.1. The molecule has 1 saturated heterocycles. The molecule has 0 saturated carbocycles. The summed E-state index contributed by atoms with van der Waals surface area (Å²) >= 11 is 0. The van der Waals surface area contributed by atoms with Gasteiger partial charge < -0.3 is 14.7 Å². The highest BCUT2D eigenvalue weighted by atomic mass is 16.5.